The molecule has 0 aliphatic carbocycles. The summed E-state index contributed by atoms with van der Waals surface area (Å²) in [5.74, 6) is 0. The standard InChI is InChI=1S/C8H9N3O2/c1-6(10-11-8(12)13)7-3-2-4-9-5-7/h2-5,11H,1H3,(H,12,13). The fourth-order valence-electron chi connectivity index (χ4n) is 0.773. The van der Waals surface area contributed by atoms with Gasteiger partial charge in [0.25, 0.3) is 0 Å². The third-order valence-electron chi connectivity index (χ3n) is 1.40. The minimum atomic E-state index is -1.18. The van der Waals surface area contributed by atoms with Gasteiger partial charge in [0.2, 0.25) is 0 Å². The largest absolute Gasteiger partial charge is 0.464 e. The van der Waals surface area contributed by atoms with Gasteiger partial charge < -0.3 is 5.11 Å². The van der Waals surface area contributed by atoms with Gasteiger partial charge >= 0.3 is 6.09 Å². The first-order chi connectivity index (χ1) is 6.20. The van der Waals surface area contributed by atoms with E-state index in [0.29, 0.717) is 5.71 Å². The van der Waals surface area contributed by atoms with E-state index in [4.69, 9.17) is 5.11 Å². The highest BCUT2D eigenvalue weighted by molar-refractivity contribution is 5.98. The Hall–Kier alpha value is -1.91. The molecule has 0 atom stereocenters. The van der Waals surface area contributed by atoms with Gasteiger partial charge in [0, 0.05) is 18.0 Å². The number of carboxylic acid groups (broad SMARTS) is 1. The second kappa shape index (κ2) is 4.20. The van der Waals surface area contributed by atoms with Gasteiger partial charge in [-0.1, -0.05) is 6.07 Å². The van der Waals surface area contributed by atoms with Gasteiger partial charge in [-0.2, -0.15) is 5.10 Å². The van der Waals surface area contributed by atoms with Crippen molar-refractivity contribution in [3.05, 3.63) is 30.1 Å². The van der Waals surface area contributed by atoms with Crippen molar-refractivity contribution >= 4 is 11.8 Å². The van der Waals surface area contributed by atoms with Gasteiger partial charge in [0.05, 0.1) is 5.71 Å². The minimum absolute atomic E-state index is 0.579. The maximum absolute atomic E-state index is 10.1. The molecule has 0 fully saturated rings. The van der Waals surface area contributed by atoms with E-state index in [1.54, 1.807) is 31.5 Å². The summed E-state index contributed by atoms with van der Waals surface area (Å²) in [5, 5.41) is 11.9. The molecule has 0 radical (unpaired) electrons. The number of hydrazone groups is 1. The Morgan fingerprint density at radius 3 is 3.00 bits per heavy atom. The number of pyridine rings is 1. The molecule has 0 aliphatic heterocycles. The molecule has 5 nitrogen and oxygen atoms in total. The van der Waals surface area contributed by atoms with Crippen molar-refractivity contribution in [2.75, 3.05) is 0 Å². The summed E-state index contributed by atoms with van der Waals surface area (Å²) in [7, 11) is 0. The van der Waals surface area contributed by atoms with E-state index in [0.717, 1.165) is 5.56 Å². The number of hydrogen-bond donors (Lipinski definition) is 2. The van der Waals surface area contributed by atoms with Crippen LogP contribution in [0.3, 0.4) is 0 Å². The average Bonchev–Trinajstić information content (AvgIpc) is 2.15. The first-order valence-electron chi connectivity index (χ1n) is 3.64. The molecular weight excluding hydrogens is 170 g/mol. The summed E-state index contributed by atoms with van der Waals surface area (Å²) in [6.45, 7) is 1.70. The number of nitrogens with one attached hydrogen (secondary N) is 1. The number of amides is 1. The van der Waals surface area contributed by atoms with E-state index in [1.807, 2.05) is 5.43 Å². The van der Waals surface area contributed by atoms with E-state index in [9.17, 15) is 4.79 Å². The molecule has 0 spiro atoms. The van der Waals surface area contributed by atoms with Gasteiger partial charge in [-0.15, -0.1) is 0 Å². The van der Waals surface area contributed by atoms with E-state index >= 15 is 0 Å². The van der Waals surface area contributed by atoms with E-state index in [-0.39, 0.29) is 0 Å². The van der Waals surface area contributed by atoms with Crippen LogP contribution in [0.5, 0.6) is 0 Å². The average molecular weight is 179 g/mol. The number of aromatic nitrogens is 1. The lowest BCUT2D eigenvalue weighted by molar-refractivity contribution is 0.195. The van der Waals surface area contributed by atoms with E-state index < -0.39 is 6.09 Å². The molecule has 68 valence electrons. The molecule has 1 heterocycles. The van der Waals surface area contributed by atoms with Gasteiger partial charge in [-0.3, -0.25) is 4.98 Å². The summed E-state index contributed by atoms with van der Waals surface area (Å²) >= 11 is 0. The van der Waals surface area contributed by atoms with Crippen molar-refractivity contribution in [2.45, 2.75) is 6.92 Å². The normalized spacial score (nSPS) is 11.0. The van der Waals surface area contributed by atoms with Crippen LogP contribution in [0.1, 0.15) is 12.5 Å². The monoisotopic (exact) mass is 179 g/mol. The second-order valence-corrected chi connectivity index (χ2v) is 2.36. The minimum Gasteiger partial charge on any atom is -0.464 e. The van der Waals surface area contributed by atoms with Crippen LogP contribution in [0.25, 0.3) is 0 Å². The predicted octanol–water partition coefficient (Wildman–Crippen LogP) is 1.07. The second-order valence-electron chi connectivity index (χ2n) is 2.36. The quantitative estimate of drug-likeness (QED) is 0.526. The molecule has 0 unspecified atom stereocenters. The zero-order chi connectivity index (χ0) is 9.68. The van der Waals surface area contributed by atoms with Crippen molar-refractivity contribution in [3.8, 4) is 0 Å². The SMILES string of the molecule is CC(=NNC(=O)O)c1cccnc1. The molecule has 1 amide bonds. The van der Waals surface area contributed by atoms with Crippen LogP contribution in [0, 0.1) is 0 Å². The summed E-state index contributed by atoms with van der Waals surface area (Å²) in [6, 6.07) is 3.56. The van der Waals surface area contributed by atoms with Crippen LogP contribution < -0.4 is 5.43 Å². The fourth-order valence-corrected chi connectivity index (χ4v) is 0.773. The van der Waals surface area contributed by atoms with Crippen LogP contribution in [-0.2, 0) is 0 Å². The zero-order valence-corrected chi connectivity index (χ0v) is 7.06. The molecule has 0 saturated heterocycles. The summed E-state index contributed by atoms with van der Waals surface area (Å²) in [6.07, 6.45) is 2.08. The van der Waals surface area contributed by atoms with Crippen molar-refractivity contribution < 1.29 is 9.90 Å². The molecule has 1 aromatic rings. The van der Waals surface area contributed by atoms with Crippen molar-refractivity contribution in [1.29, 1.82) is 0 Å². The lowest BCUT2D eigenvalue weighted by Crippen LogP contribution is -2.16. The van der Waals surface area contributed by atoms with Gasteiger partial charge in [-0.05, 0) is 13.0 Å². The highest BCUT2D eigenvalue weighted by Crippen LogP contribution is 1.96. The molecule has 1 rings (SSSR count). The summed E-state index contributed by atoms with van der Waals surface area (Å²) in [5.41, 5.74) is 3.29. The van der Waals surface area contributed by atoms with Crippen LogP contribution in [0.2, 0.25) is 0 Å². The van der Waals surface area contributed by atoms with Gasteiger partial charge in [0.1, 0.15) is 0 Å². The molecule has 2 N–H and O–H groups in total. The van der Waals surface area contributed by atoms with Crippen molar-refractivity contribution in [1.82, 2.24) is 10.4 Å². The highest BCUT2D eigenvalue weighted by atomic mass is 16.4. The summed E-state index contributed by atoms with van der Waals surface area (Å²) in [4.78, 5) is 14.0. The molecule has 0 aliphatic rings. The number of hydrogen-bond acceptors (Lipinski definition) is 3. The van der Waals surface area contributed by atoms with Crippen molar-refractivity contribution in [3.63, 3.8) is 0 Å². The predicted molar refractivity (Wildman–Crippen MR) is 47.6 cm³/mol. The Morgan fingerprint density at radius 2 is 2.46 bits per heavy atom. The third-order valence-corrected chi connectivity index (χ3v) is 1.40. The summed E-state index contributed by atoms with van der Waals surface area (Å²) < 4.78 is 0. The number of nitrogens with zero attached hydrogens (tertiary/aromatic N) is 2. The van der Waals surface area contributed by atoms with Gasteiger partial charge in [0.15, 0.2) is 0 Å². The maximum atomic E-state index is 10.1. The molecular formula is C8H9N3O2. The Balaban J connectivity index is 2.73. The smallest absolute Gasteiger partial charge is 0.425 e. The fraction of sp³-hybridized carbons (Fsp3) is 0.125. The lowest BCUT2D eigenvalue weighted by atomic mass is 10.2. The molecule has 13 heavy (non-hydrogen) atoms. The van der Waals surface area contributed by atoms with Crippen LogP contribution in [-0.4, -0.2) is 21.9 Å². The zero-order valence-electron chi connectivity index (χ0n) is 7.06. The number of rotatable bonds is 2. The first-order valence-corrected chi connectivity index (χ1v) is 3.64. The van der Waals surface area contributed by atoms with E-state index in [2.05, 4.69) is 10.1 Å². The Kier molecular flexibility index (Phi) is 2.97. The Labute approximate surface area is 75.1 Å². The molecule has 0 bridgehead atoms. The maximum Gasteiger partial charge on any atom is 0.425 e. The third kappa shape index (κ3) is 2.90. The van der Waals surface area contributed by atoms with E-state index in [1.165, 1.54) is 0 Å². The highest BCUT2D eigenvalue weighted by Gasteiger charge is 1.96. The van der Waals surface area contributed by atoms with Crippen LogP contribution in [0.15, 0.2) is 29.6 Å². The Morgan fingerprint density at radius 1 is 1.69 bits per heavy atom. The molecule has 0 saturated carbocycles. The van der Waals surface area contributed by atoms with Crippen LogP contribution >= 0.6 is 0 Å². The topological polar surface area (TPSA) is 74.6 Å². The number of carbonyl (C=O) groups is 1. The Bertz CT molecular complexity index is 321. The first kappa shape index (κ1) is 9.18. The van der Waals surface area contributed by atoms with Gasteiger partial charge in [-0.25, -0.2) is 10.2 Å². The van der Waals surface area contributed by atoms with Crippen molar-refractivity contribution in [2.24, 2.45) is 5.10 Å². The molecule has 1 aromatic heterocycles. The van der Waals surface area contributed by atoms with Crippen LogP contribution in [0.4, 0.5) is 4.79 Å². The molecule has 5 heteroatoms. The lowest BCUT2D eigenvalue weighted by Gasteiger charge is -1.98. The molecule has 0 aromatic carbocycles.